The van der Waals surface area contributed by atoms with Crippen molar-refractivity contribution in [1.29, 1.82) is 0 Å². The van der Waals surface area contributed by atoms with Gasteiger partial charge in [-0.05, 0) is 42.7 Å². The Bertz CT molecular complexity index is 858. The number of pyridine rings is 1. The molecular formula is C19H16F6N2O2. The fourth-order valence-corrected chi connectivity index (χ4v) is 3.08. The highest BCUT2D eigenvalue weighted by Crippen LogP contribution is 2.36. The van der Waals surface area contributed by atoms with E-state index in [4.69, 9.17) is 4.74 Å². The largest absolute Gasteiger partial charge is 0.418 e. The number of halogens is 6. The third-order valence-electron chi connectivity index (χ3n) is 4.50. The van der Waals surface area contributed by atoms with Gasteiger partial charge in [-0.15, -0.1) is 0 Å². The number of carbonyl (C=O) groups excluding carboxylic acids is 1. The van der Waals surface area contributed by atoms with Crippen molar-refractivity contribution in [2.24, 2.45) is 0 Å². The fraction of sp³-hybridized carbons (Fsp3) is 0.368. The lowest BCUT2D eigenvalue weighted by molar-refractivity contribution is -0.139. The molecule has 1 saturated heterocycles. The Morgan fingerprint density at radius 1 is 1.07 bits per heavy atom. The van der Waals surface area contributed by atoms with Crippen molar-refractivity contribution in [3.05, 3.63) is 65.0 Å². The number of rotatable bonds is 4. The minimum atomic E-state index is -4.76. The molecule has 1 aromatic carbocycles. The molecule has 29 heavy (non-hydrogen) atoms. The predicted molar refractivity (Wildman–Crippen MR) is 89.6 cm³/mol. The van der Waals surface area contributed by atoms with E-state index < -0.39 is 47.2 Å². The van der Waals surface area contributed by atoms with E-state index in [0.29, 0.717) is 19.4 Å². The third kappa shape index (κ3) is 4.87. The second-order valence-corrected chi connectivity index (χ2v) is 6.50. The standard InChI is InChI=1S/C19H16F6N2O2/c20-18(21,22)12-7-5-11(6-8-12)15(27-17(28)14-4-2-10-29-14)16-13(19(23,24)25)3-1-9-26-16/h1,3,5-9,14-15H,2,4,10H2,(H,27,28)/t14-,15?/m0/s1. The van der Waals surface area contributed by atoms with Crippen molar-refractivity contribution in [2.75, 3.05) is 6.61 Å². The Balaban J connectivity index is 2.02. The molecule has 4 nitrogen and oxygen atoms in total. The molecule has 1 N–H and O–H groups in total. The van der Waals surface area contributed by atoms with E-state index in [0.717, 1.165) is 42.6 Å². The van der Waals surface area contributed by atoms with Gasteiger partial charge < -0.3 is 10.1 Å². The van der Waals surface area contributed by atoms with Crippen LogP contribution in [0.5, 0.6) is 0 Å². The molecule has 156 valence electrons. The first kappa shape index (κ1) is 21.1. The van der Waals surface area contributed by atoms with Crippen molar-refractivity contribution in [3.8, 4) is 0 Å². The smallest absolute Gasteiger partial charge is 0.368 e. The van der Waals surface area contributed by atoms with Gasteiger partial charge in [0.2, 0.25) is 5.91 Å². The van der Waals surface area contributed by atoms with Crippen molar-refractivity contribution >= 4 is 5.91 Å². The summed E-state index contributed by atoms with van der Waals surface area (Å²) in [5.74, 6) is -0.647. The zero-order valence-electron chi connectivity index (χ0n) is 14.8. The molecular weight excluding hydrogens is 402 g/mol. The molecule has 3 rings (SSSR count). The minimum Gasteiger partial charge on any atom is -0.368 e. The maximum absolute atomic E-state index is 13.5. The van der Waals surface area contributed by atoms with Gasteiger partial charge in [0.1, 0.15) is 6.10 Å². The van der Waals surface area contributed by atoms with Crippen LogP contribution in [0.2, 0.25) is 0 Å². The van der Waals surface area contributed by atoms with E-state index in [1.165, 1.54) is 0 Å². The summed E-state index contributed by atoms with van der Waals surface area (Å²) in [4.78, 5) is 16.2. The van der Waals surface area contributed by atoms with Gasteiger partial charge in [-0.3, -0.25) is 9.78 Å². The lowest BCUT2D eigenvalue weighted by Gasteiger charge is -2.24. The second kappa shape index (κ2) is 8.02. The van der Waals surface area contributed by atoms with Gasteiger partial charge in [-0.1, -0.05) is 12.1 Å². The number of alkyl halides is 6. The predicted octanol–water partition coefficient (Wildman–Crippen LogP) is 4.50. The average molecular weight is 418 g/mol. The maximum Gasteiger partial charge on any atom is 0.418 e. The molecule has 1 aliphatic heterocycles. The molecule has 0 spiro atoms. The molecule has 0 saturated carbocycles. The van der Waals surface area contributed by atoms with Crippen LogP contribution in [0.25, 0.3) is 0 Å². The zero-order chi connectivity index (χ0) is 21.2. The van der Waals surface area contributed by atoms with E-state index in [1.807, 2.05) is 0 Å². The van der Waals surface area contributed by atoms with Gasteiger partial charge in [0.15, 0.2) is 0 Å². The van der Waals surface area contributed by atoms with Gasteiger partial charge in [-0.25, -0.2) is 0 Å². The monoisotopic (exact) mass is 418 g/mol. The van der Waals surface area contributed by atoms with E-state index in [9.17, 15) is 31.1 Å². The van der Waals surface area contributed by atoms with Crippen molar-refractivity contribution < 1.29 is 35.9 Å². The Kier molecular flexibility index (Phi) is 5.83. The number of ether oxygens (including phenoxy) is 1. The second-order valence-electron chi connectivity index (χ2n) is 6.50. The van der Waals surface area contributed by atoms with Crippen LogP contribution in [0, 0.1) is 0 Å². The van der Waals surface area contributed by atoms with Crippen LogP contribution < -0.4 is 5.32 Å². The average Bonchev–Trinajstić information content (AvgIpc) is 3.20. The number of aromatic nitrogens is 1. The normalized spacial score (nSPS) is 18.5. The van der Waals surface area contributed by atoms with Crippen molar-refractivity contribution in [1.82, 2.24) is 10.3 Å². The lowest BCUT2D eigenvalue weighted by Crippen LogP contribution is -2.38. The van der Waals surface area contributed by atoms with Crippen LogP contribution >= 0.6 is 0 Å². The first-order valence-corrected chi connectivity index (χ1v) is 8.68. The van der Waals surface area contributed by atoms with Gasteiger partial charge in [0.25, 0.3) is 0 Å². The van der Waals surface area contributed by atoms with Gasteiger partial charge in [0, 0.05) is 12.8 Å². The first-order valence-electron chi connectivity index (χ1n) is 8.68. The van der Waals surface area contributed by atoms with Crippen LogP contribution in [0.15, 0.2) is 42.6 Å². The van der Waals surface area contributed by atoms with Crippen LogP contribution in [0.1, 0.15) is 41.3 Å². The summed E-state index contributed by atoms with van der Waals surface area (Å²) in [7, 11) is 0. The molecule has 0 aliphatic carbocycles. The van der Waals surface area contributed by atoms with Crippen LogP contribution in [-0.4, -0.2) is 23.6 Å². The van der Waals surface area contributed by atoms with Gasteiger partial charge in [-0.2, -0.15) is 26.3 Å². The molecule has 2 atom stereocenters. The van der Waals surface area contributed by atoms with E-state index in [-0.39, 0.29) is 5.56 Å². The number of carbonyl (C=O) groups is 1. The van der Waals surface area contributed by atoms with Crippen molar-refractivity contribution in [2.45, 2.75) is 37.3 Å². The molecule has 1 fully saturated rings. The zero-order valence-corrected chi connectivity index (χ0v) is 14.8. The Labute approximate surface area is 161 Å². The molecule has 1 unspecified atom stereocenters. The highest BCUT2D eigenvalue weighted by atomic mass is 19.4. The summed E-state index contributed by atoms with van der Waals surface area (Å²) < 4.78 is 84.1. The number of hydrogen-bond donors (Lipinski definition) is 1. The molecule has 2 heterocycles. The third-order valence-corrected chi connectivity index (χ3v) is 4.50. The number of hydrogen-bond acceptors (Lipinski definition) is 3. The maximum atomic E-state index is 13.5. The number of nitrogens with one attached hydrogen (secondary N) is 1. The number of amides is 1. The quantitative estimate of drug-likeness (QED) is 0.744. The molecule has 1 aliphatic rings. The highest BCUT2D eigenvalue weighted by molar-refractivity contribution is 5.81. The van der Waals surface area contributed by atoms with E-state index in [2.05, 4.69) is 10.3 Å². The number of benzene rings is 1. The Hall–Kier alpha value is -2.62. The Morgan fingerprint density at radius 2 is 1.76 bits per heavy atom. The molecule has 10 heteroatoms. The summed E-state index contributed by atoms with van der Waals surface area (Å²) in [6, 6.07) is 4.05. The SMILES string of the molecule is O=C(NC(c1ccc(C(F)(F)F)cc1)c1ncccc1C(F)(F)F)[C@@H]1CCCO1. The van der Waals surface area contributed by atoms with Crippen molar-refractivity contribution in [3.63, 3.8) is 0 Å². The summed E-state index contributed by atoms with van der Waals surface area (Å²) in [6.45, 7) is 0.348. The molecule has 1 aromatic heterocycles. The Morgan fingerprint density at radius 3 is 2.31 bits per heavy atom. The van der Waals surface area contributed by atoms with E-state index in [1.54, 1.807) is 0 Å². The topological polar surface area (TPSA) is 51.2 Å². The van der Waals surface area contributed by atoms with Gasteiger partial charge in [0.05, 0.1) is 22.9 Å². The highest BCUT2D eigenvalue weighted by Gasteiger charge is 2.38. The van der Waals surface area contributed by atoms with Crippen LogP contribution in [-0.2, 0) is 21.9 Å². The summed E-state index contributed by atoms with van der Waals surface area (Å²) >= 11 is 0. The van der Waals surface area contributed by atoms with Crippen LogP contribution in [0.4, 0.5) is 26.3 Å². The van der Waals surface area contributed by atoms with E-state index >= 15 is 0 Å². The molecule has 2 aromatic rings. The molecule has 0 radical (unpaired) electrons. The first-order chi connectivity index (χ1) is 13.6. The summed E-state index contributed by atoms with van der Waals surface area (Å²) in [6.07, 6.45) is -8.04. The molecule has 1 amide bonds. The molecule has 0 bridgehead atoms. The minimum absolute atomic E-state index is 0.0357. The fourth-order valence-electron chi connectivity index (χ4n) is 3.08. The summed E-state index contributed by atoms with van der Waals surface area (Å²) in [5.41, 5.74) is -2.51. The lowest BCUT2D eigenvalue weighted by atomic mass is 9.97. The van der Waals surface area contributed by atoms with Gasteiger partial charge >= 0.3 is 12.4 Å². The van der Waals surface area contributed by atoms with Crippen LogP contribution in [0.3, 0.4) is 0 Å². The summed E-state index contributed by atoms with van der Waals surface area (Å²) in [5, 5.41) is 2.45. The number of nitrogens with zero attached hydrogens (tertiary/aromatic N) is 1.